The van der Waals surface area contributed by atoms with Crippen LogP contribution in [0.4, 0.5) is 0 Å². The van der Waals surface area contributed by atoms with Crippen LogP contribution in [0, 0.1) is 5.41 Å². The summed E-state index contributed by atoms with van der Waals surface area (Å²) in [6.45, 7) is 10.6. The third-order valence-corrected chi connectivity index (χ3v) is 4.55. The fraction of sp³-hybridized carbons (Fsp3) is 0.636. The van der Waals surface area contributed by atoms with E-state index in [0.29, 0.717) is 0 Å². The summed E-state index contributed by atoms with van der Waals surface area (Å²) in [4.78, 5) is -0.361. The largest absolute Gasteiger partial charge is 0.120 e. The number of hydrogen-bond acceptors (Lipinski definition) is 0. The summed E-state index contributed by atoms with van der Waals surface area (Å²) in [6, 6.07) is 0. The average Bonchev–Trinajstić information content (AvgIpc) is 2.22. The van der Waals surface area contributed by atoms with E-state index in [0.717, 1.165) is 0 Å². The van der Waals surface area contributed by atoms with Crippen molar-refractivity contribution in [3.05, 3.63) is 22.3 Å². The molecule has 0 heterocycles. The SMILES string of the molecule is CC1=C(C)C(C)(C(Cl)Cl)C(C)=C1C.[Zr]. The van der Waals surface area contributed by atoms with Gasteiger partial charge in [-0.3, -0.25) is 0 Å². The maximum absolute atomic E-state index is 6.04. The molecule has 1 aliphatic rings. The number of rotatable bonds is 1. The molecule has 0 saturated carbocycles. The maximum atomic E-state index is 6.04. The number of halogens is 2. The van der Waals surface area contributed by atoms with Crippen molar-refractivity contribution in [2.75, 3.05) is 0 Å². The van der Waals surface area contributed by atoms with Crippen LogP contribution in [0.25, 0.3) is 0 Å². The molecule has 14 heavy (non-hydrogen) atoms. The Labute approximate surface area is 116 Å². The summed E-state index contributed by atoms with van der Waals surface area (Å²) in [6.07, 6.45) is 0. The first kappa shape index (κ1) is 14.9. The van der Waals surface area contributed by atoms with Crippen molar-refractivity contribution in [3.8, 4) is 0 Å². The maximum Gasteiger partial charge on any atom is 0.120 e. The topological polar surface area (TPSA) is 0 Å². The van der Waals surface area contributed by atoms with Crippen molar-refractivity contribution in [1.82, 2.24) is 0 Å². The van der Waals surface area contributed by atoms with Crippen LogP contribution in [0.5, 0.6) is 0 Å². The van der Waals surface area contributed by atoms with Gasteiger partial charge in [0.1, 0.15) is 4.84 Å². The zero-order valence-corrected chi connectivity index (χ0v) is 13.3. The molecule has 0 unspecified atom stereocenters. The minimum absolute atomic E-state index is 0. The van der Waals surface area contributed by atoms with E-state index in [9.17, 15) is 0 Å². The zero-order chi connectivity index (χ0) is 10.4. The van der Waals surface area contributed by atoms with Gasteiger partial charge in [-0.1, -0.05) is 11.1 Å². The van der Waals surface area contributed by atoms with Crippen LogP contribution in [-0.4, -0.2) is 4.84 Å². The summed E-state index contributed by atoms with van der Waals surface area (Å²) in [5.74, 6) is 0. The molecule has 78 valence electrons. The predicted octanol–water partition coefficient (Wildman–Crippen LogP) is 4.48. The molecule has 0 aromatic heterocycles. The second-order valence-corrected chi connectivity index (χ2v) is 5.10. The Morgan fingerprint density at radius 1 is 0.929 bits per heavy atom. The summed E-state index contributed by atoms with van der Waals surface area (Å²) in [5, 5.41) is 0. The molecule has 0 spiro atoms. The minimum Gasteiger partial charge on any atom is -0.104 e. The van der Waals surface area contributed by atoms with Gasteiger partial charge in [0.2, 0.25) is 0 Å². The van der Waals surface area contributed by atoms with Crippen LogP contribution in [0.1, 0.15) is 34.6 Å². The van der Waals surface area contributed by atoms with Crippen molar-refractivity contribution in [3.63, 3.8) is 0 Å². The molecule has 0 nitrogen and oxygen atoms in total. The van der Waals surface area contributed by atoms with Crippen LogP contribution < -0.4 is 0 Å². The fourth-order valence-electron chi connectivity index (χ4n) is 1.95. The second-order valence-electron chi connectivity index (χ2n) is 4.00. The van der Waals surface area contributed by atoms with E-state index in [1.54, 1.807) is 0 Å². The molecular weight excluding hydrogens is 294 g/mol. The van der Waals surface area contributed by atoms with E-state index < -0.39 is 0 Å². The Morgan fingerprint density at radius 2 is 1.21 bits per heavy atom. The van der Waals surface area contributed by atoms with Crippen LogP contribution >= 0.6 is 23.2 Å². The monoisotopic (exact) mass is 308 g/mol. The van der Waals surface area contributed by atoms with Crippen LogP contribution in [0.15, 0.2) is 22.3 Å². The molecule has 0 aromatic rings. The Balaban J connectivity index is 0.00000169. The summed E-state index contributed by atoms with van der Waals surface area (Å²) < 4.78 is 0. The van der Waals surface area contributed by atoms with Gasteiger partial charge in [0.15, 0.2) is 0 Å². The molecule has 0 fully saturated rings. The molecule has 0 atom stereocenters. The zero-order valence-electron chi connectivity index (χ0n) is 9.33. The van der Waals surface area contributed by atoms with E-state index >= 15 is 0 Å². The van der Waals surface area contributed by atoms with Crippen molar-refractivity contribution >= 4 is 23.2 Å². The molecule has 0 amide bonds. The van der Waals surface area contributed by atoms with Crippen molar-refractivity contribution < 1.29 is 26.2 Å². The van der Waals surface area contributed by atoms with E-state index in [-0.39, 0.29) is 36.5 Å². The molecule has 0 bridgehead atoms. The normalized spacial score (nSPS) is 20.6. The average molecular weight is 310 g/mol. The van der Waals surface area contributed by atoms with Crippen LogP contribution in [0.3, 0.4) is 0 Å². The van der Waals surface area contributed by atoms with Crippen molar-refractivity contribution in [2.24, 2.45) is 5.41 Å². The first-order valence-electron chi connectivity index (χ1n) is 4.48. The Kier molecular flexibility index (Phi) is 5.18. The smallest absolute Gasteiger partial charge is 0.104 e. The molecule has 0 saturated heterocycles. The van der Waals surface area contributed by atoms with E-state index in [2.05, 4.69) is 34.6 Å². The molecule has 0 aliphatic heterocycles. The minimum atomic E-state index is -0.361. The molecular formula is C11H16Cl2Zr. The number of alkyl halides is 2. The molecule has 1 aliphatic carbocycles. The summed E-state index contributed by atoms with van der Waals surface area (Å²) >= 11 is 12.1. The first-order valence-corrected chi connectivity index (χ1v) is 5.35. The number of hydrogen-bond donors (Lipinski definition) is 0. The van der Waals surface area contributed by atoms with Crippen molar-refractivity contribution in [2.45, 2.75) is 39.5 Å². The number of allylic oxidation sites excluding steroid dienone is 4. The third-order valence-electron chi connectivity index (χ3n) is 3.68. The van der Waals surface area contributed by atoms with Crippen LogP contribution in [-0.2, 0) is 26.2 Å². The standard InChI is InChI=1S/C11H16Cl2.Zr/c1-6-7(2)9(4)11(5,8(6)3)10(12)13;/h10H,1-5H3;. The third kappa shape index (κ3) is 1.93. The Morgan fingerprint density at radius 3 is 1.36 bits per heavy atom. The van der Waals surface area contributed by atoms with Gasteiger partial charge < -0.3 is 0 Å². The summed E-state index contributed by atoms with van der Waals surface area (Å²) in [7, 11) is 0. The molecule has 0 radical (unpaired) electrons. The van der Waals surface area contributed by atoms with E-state index in [1.807, 2.05) is 0 Å². The van der Waals surface area contributed by atoms with Gasteiger partial charge in [-0.05, 0) is 45.8 Å². The van der Waals surface area contributed by atoms with Gasteiger partial charge in [-0.25, -0.2) is 0 Å². The van der Waals surface area contributed by atoms with E-state index in [4.69, 9.17) is 23.2 Å². The molecule has 3 heteroatoms. The second kappa shape index (κ2) is 4.85. The van der Waals surface area contributed by atoms with Crippen LogP contribution in [0.2, 0.25) is 0 Å². The Hall–Kier alpha value is 0.943. The van der Waals surface area contributed by atoms with Gasteiger partial charge in [-0.2, -0.15) is 0 Å². The van der Waals surface area contributed by atoms with Gasteiger partial charge >= 0.3 is 0 Å². The Bertz CT molecular complexity index is 276. The fourth-order valence-corrected chi connectivity index (χ4v) is 2.60. The molecule has 1 rings (SSSR count). The summed E-state index contributed by atoms with van der Waals surface area (Å²) in [5.41, 5.74) is 5.13. The molecule has 0 aromatic carbocycles. The van der Waals surface area contributed by atoms with Gasteiger partial charge in [-0.15, -0.1) is 23.2 Å². The van der Waals surface area contributed by atoms with Gasteiger partial charge in [0.25, 0.3) is 0 Å². The predicted molar refractivity (Wildman–Crippen MR) is 60.3 cm³/mol. The quantitative estimate of drug-likeness (QED) is 0.626. The first-order chi connectivity index (χ1) is 5.83. The van der Waals surface area contributed by atoms with Crippen molar-refractivity contribution in [1.29, 1.82) is 0 Å². The molecule has 0 N–H and O–H groups in total. The van der Waals surface area contributed by atoms with Gasteiger partial charge in [0.05, 0.1) is 0 Å². The van der Waals surface area contributed by atoms with E-state index in [1.165, 1.54) is 22.3 Å². The van der Waals surface area contributed by atoms with Gasteiger partial charge in [0, 0.05) is 31.6 Å².